The molecule has 0 aromatic carbocycles. The van der Waals surface area contributed by atoms with Crippen molar-refractivity contribution < 1.29 is 28.7 Å². The van der Waals surface area contributed by atoms with Gasteiger partial charge in [0, 0.05) is 6.54 Å². The minimum absolute atomic E-state index is 0.262. The van der Waals surface area contributed by atoms with Gasteiger partial charge in [-0.15, -0.1) is 0 Å². The van der Waals surface area contributed by atoms with Gasteiger partial charge in [-0.25, -0.2) is 4.79 Å². The van der Waals surface area contributed by atoms with Crippen LogP contribution in [0.2, 0.25) is 0 Å². The lowest BCUT2D eigenvalue weighted by molar-refractivity contribution is -0.143. The zero-order chi connectivity index (χ0) is 28.6. The van der Waals surface area contributed by atoms with Crippen LogP contribution < -0.4 is 16.4 Å². The molecule has 37 heavy (non-hydrogen) atoms. The molecule has 2 rings (SSSR count). The highest BCUT2D eigenvalue weighted by atomic mass is 16.6. The Hall–Kier alpha value is -2.65. The van der Waals surface area contributed by atoms with Crippen LogP contribution in [0.25, 0.3) is 0 Å². The van der Waals surface area contributed by atoms with Crippen molar-refractivity contribution in [2.75, 3.05) is 6.54 Å². The highest BCUT2D eigenvalue weighted by Crippen LogP contribution is 2.31. The molecule has 10 heteroatoms. The largest absolute Gasteiger partial charge is 0.444 e. The second-order valence-electron chi connectivity index (χ2n) is 12.2. The number of nitrogens with zero attached hydrogens (tertiary/aromatic N) is 1. The molecule has 1 saturated carbocycles. The van der Waals surface area contributed by atoms with E-state index in [-0.39, 0.29) is 5.92 Å². The third kappa shape index (κ3) is 10.3. The number of nitrogens with one attached hydrogen (secondary N) is 2. The number of primary amides is 1. The van der Waals surface area contributed by atoms with Crippen molar-refractivity contribution in [2.24, 2.45) is 17.1 Å². The van der Waals surface area contributed by atoms with Gasteiger partial charge in [-0.05, 0) is 51.4 Å². The van der Waals surface area contributed by atoms with Crippen molar-refractivity contribution in [3.63, 3.8) is 0 Å². The summed E-state index contributed by atoms with van der Waals surface area (Å²) in [5, 5.41) is 5.34. The van der Waals surface area contributed by atoms with E-state index in [1.807, 2.05) is 20.8 Å². The van der Waals surface area contributed by atoms with Crippen LogP contribution in [0.15, 0.2) is 0 Å². The maximum Gasteiger partial charge on any atom is 0.408 e. The molecule has 0 radical (unpaired) electrons. The Morgan fingerprint density at radius 3 is 1.95 bits per heavy atom. The number of rotatable bonds is 8. The number of alkyl carbamates (subject to hydrolysis) is 1. The molecule has 212 valence electrons. The summed E-state index contributed by atoms with van der Waals surface area (Å²) in [7, 11) is 0. The Bertz CT molecular complexity index is 826. The fourth-order valence-corrected chi connectivity index (χ4v) is 4.28. The second-order valence-corrected chi connectivity index (χ2v) is 12.2. The molecule has 0 spiro atoms. The molecule has 2 aliphatic rings. The maximum atomic E-state index is 13.5. The van der Waals surface area contributed by atoms with Crippen LogP contribution in [0.5, 0.6) is 0 Å². The lowest BCUT2D eigenvalue weighted by atomic mass is 9.80. The Balaban J connectivity index is 0.00000217. The molecule has 4 N–H and O–H groups in total. The smallest absolute Gasteiger partial charge is 0.408 e. The predicted molar refractivity (Wildman–Crippen MR) is 141 cm³/mol. The summed E-state index contributed by atoms with van der Waals surface area (Å²) in [6.07, 6.45) is 4.85. The molecule has 0 aromatic rings. The first kappa shape index (κ1) is 32.4. The fourth-order valence-electron chi connectivity index (χ4n) is 4.28. The molecule has 1 saturated heterocycles. The molecule has 0 aromatic heterocycles. The van der Waals surface area contributed by atoms with Gasteiger partial charge in [0.15, 0.2) is 0 Å². The first-order valence-corrected chi connectivity index (χ1v) is 13.5. The summed E-state index contributed by atoms with van der Waals surface area (Å²) < 4.78 is 5.32. The highest BCUT2D eigenvalue weighted by molar-refractivity contribution is 6.37. The van der Waals surface area contributed by atoms with Crippen LogP contribution in [-0.2, 0) is 23.9 Å². The first-order chi connectivity index (χ1) is 17.0. The number of amides is 4. The van der Waals surface area contributed by atoms with E-state index >= 15 is 0 Å². The lowest BCUT2D eigenvalue weighted by Gasteiger charge is -2.36. The van der Waals surface area contributed by atoms with Crippen LogP contribution in [0.1, 0.15) is 100 Å². The second kappa shape index (κ2) is 13.8. The van der Waals surface area contributed by atoms with Gasteiger partial charge < -0.3 is 26.0 Å². The number of nitrogens with two attached hydrogens (primary N) is 1. The van der Waals surface area contributed by atoms with Crippen LogP contribution in [-0.4, -0.2) is 64.8 Å². The van der Waals surface area contributed by atoms with E-state index < -0.39 is 58.7 Å². The van der Waals surface area contributed by atoms with E-state index in [4.69, 9.17) is 10.5 Å². The summed E-state index contributed by atoms with van der Waals surface area (Å²) in [4.78, 5) is 64.3. The topological polar surface area (TPSA) is 148 Å². The monoisotopic (exact) mass is 524 g/mol. The number of ketones is 1. The van der Waals surface area contributed by atoms with Crippen LogP contribution in [0, 0.1) is 11.3 Å². The zero-order valence-electron chi connectivity index (χ0n) is 23.9. The molecule has 1 aliphatic carbocycles. The summed E-state index contributed by atoms with van der Waals surface area (Å²) in [6.45, 7) is 15.2. The highest BCUT2D eigenvalue weighted by Gasteiger charge is 2.43. The van der Waals surface area contributed by atoms with E-state index in [9.17, 15) is 24.0 Å². The molecule has 4 amide bonds. The average Bonchev–Trinajstić information content (AvgIpc) is 3.21. The number of carbonyl (C=O) groups is 5. The molecular weight excluding hydrogens is 476 g/mol. The molecule has 10 nitrogen and oxygen atoms in total. The standard InChI is InChI=1S/C24H40N4O6.C3H8/c1-23(2,3)18(27-22(33)34-24(4,5)6)21(32)28-12-8-11-16(28)20(31)26-15(17(29)19(25)30)13-14-9-7-10-14;1-3-2/h14-16,18H,7-13H2,1-6H3,(H2,25,30)(H,26,31)(H,27,33);3H2,1-2H3/t15?,16?,18-;/m1./s1. The number of likely N-dealkylation sites (tertiary alicyclic amines) is 1. The number of hydrogen-bond donors (Lipinski definition) is 3. The van der Waals surface area contributed by atoms with Gasteiger partial charge in [-0.3, -0.25) is 19.2 Å². The van der Waals surface area contributed by atoms with Gasteiger partial charge in [-0.2, -0.15) is 0 Å². The van der Waals surface area contributed by atoms with E-state index in [0.717, 1.165) is 19.3 Å². The van der Waals surface area contributed by atoms with Crippen molar-refractivity contribution in [3.05, 3.63) is 0 Å². The van der Waals surface area contributed by atoms with E-state index in [0.29, 0.717) is 25.8 Å². The fraction of sp³-hybridized carbons (Fsp3) is 0.815. The third-order valence-corrected chi connectivity index (χ3v) is 6.28. The number of Topliss-reactive ketones (excluding diaryl/α,β-unsaturated/α-hetero) is 1. The predicted octanol–water partition coefficient (Wildman–Crippen LogP) is 3.06. The molecule has 1 heterocycles. The quantitative estimate of drug-likeness (QED) is 0.416. The van der Waals surface area contributed by atoms with Crippen molar-refractivity contribution in [3.8, 4) is 0 Å². The molecule has 1 aliphatic heterocycles. The third-order valence-electron chi connectivity index (χ3n) is 6.28. The van der Waals surface area contributed by atoms with Gasteiger partial charge in [0.2, 0.25) is 17.6 Å². The Kier molecular flexibility index (Phi) is 12.0. The minimum atomic E-state index is -1.08. The van der Waals surface area contributed by atoms with Gasteiger partial charge in [-0.1, -0.05) is 60.3 Å². The van der Waals surface area contributed by atoms with Crippen molar-refractivity contribution in [1.29, 1.82) is 0 Å². The summed E-state index contributed by atoms with van der Waals surface area (Å²) in [5.41, 5.74) is 3.82. The molecule has 0 bridgehead atoms. The normalized spacial score (nSPS) is 19.5. The van der Waals surface area contributed by atoms with Crippen molar-refractivity contribution >= 4 is 29.6 Å². The number of ether oxygens (including phenoxy) is 1. The minimum Gasteiger partial charge on any atom is -0.444 e. The summed E-state index contributed by atoms with van der Waals surface area (Å²) >= 11 is 0. The zero-order valence-corrected chi connectivity index (χ0v) is 23.9. The van der Waals surface area contributed by atoms with E-state index in [1.165, 1.54) is 11.3 Å². The van der Waals surface area contributed by atoms with Gasteiger partial charge in [0.05, 0.1) is 6.04 Å². The number of hydrogen-bond acceptors (Lipinski definition) is 6. The Labute approximate surface area is 221 Å². The average molecular weight is 525 g/mol. The maximum absolute atomic E-state index is 13.5. The van der Waals surface area contributed by atoms with Crippen LogP contribution in [0.4, 0.5) is 4.79 Å². The Morgan fingerprint density at radius 1 is 0.946 bits per heavy atom. The van der Waals surface area contributed by atoms with Crippen molar-refractivity contribution in [2.45, 2.75) is 124 Å². The molecule has 2 unspecified atom stereocenters. The van der Waals surface area contributed by atoms with Crippen LogP contribution in [0.3, 0.4) is 0 Å². The SMILES string of the molecule is CC(C)(C)OC(=O)N[C@H](C(=O)N1CCCC1C(=O)NC(CC1CCC1)C(=O)C(N)=O)C(C)(C)C.CCC. The first-order valence-electron chi connectivity index (χ1n) is 13.5. The van der Waals surface area contributed by atoms with E-state index in [1.54, 1.807) is 20.8 Å². The van der Waals surface area contributed by atoms with E-state index in [2.05, 4.69) is 24.5 Å². The molecule has 2 fully saturated rings. The molecular formula is C27H48N4O6. The van der Waals surface area contributed by atoms with Gasteiger partial charge in [0.1, 0.15) is 17.7 Å². The number of carbonyl (C=O) groups excluding carboxylic acids is 5. The molecule has 3 atom stereocenters. The van der Waals surface area contributed by atoms with Crippen molar-refractivity contribution in [1.82, 2.24) is 15.5 Å². The summed E-state index contributed by atoms with van der Waals surface area (Å²) in [6, 6.07) is -2.72. The van der Waals surface area contributed by atoms with Crippen LogP contribution >= 0.6 is 0 Å². The van der Waals surface area contributed by atoms with Gasteiger partial charge >= 0.3 is 6.09 Å². The lowest BCUT2D eigenvalue weighted by Crippen LogP contribution is -2.59. The Morgan fingerprint density at radius 2 is 1.51 bits per heavy atom. The van der Waals surface area contributed by atoms with Gasteiger partial charge in [0.25, 0.3) is 5.91 Å². The summed E-state index contributed by atoms with van der Waals surface area (Å²) in [5.74, 6) is -2.53.